The summed E-state index contributed by atoms with van der Waals surface area (Å²) in [5.74, 6) is 2.53. The van der Waals surface area contributed by atoms with Crippen LogP contribution in [-0.4, -0.2) is 75.9 Å². The lowest BCUT2D eigenvalue weighted by Gasteiger charge is -2.29. The number of guanidine groups is 1. The number of aliphatic imine (C=N–C) groups is 1. The fraction of sp³-hybridized carbons (Fsp3) is 0.682. The van der Waals surface area contributed by atoms with Crippen LogP contribution in [0.4, 0.5) is 0 Å². The number of para-hydroxylation sites is 1. The van der Waals surface area contributed by atoms with Crippen molar-refractivity contribution in [3.05, 3.63) is 29.8 Å². The van der Waals surface area contributed by atoms with Crippen molar-refractivity contribution in [3.63, 3.8) is 0 Å². The molecule has 29 heavy (non-hydrogen) atoms. The van der Waals surface area contributed by atoms with Crippen LogP contribution in [0.5, 0.6) is 5.75 Å². The smallest absolute Gasteiger partial charge is 0.193 e. The third kappa shape index (κ3) is 6.72. The molecule has 2 saturated heterocycles. The van der Waals surface area contributed by atoms with Gasteiger partial charge >= 0.3 is 0 Å². The molecule has 0 bridgehead atoms. The Hall–Kier alpha value is -1.06. The van der Waals surface area contributed by atoms with Gasteiger partial charge in [-0.05, 0) is 45.3 Å². The second-order valence-electron chi connectivity index (χ2n) is 7.81. The zero-order valence-electron chi connectivity index (χ0n) is 18.1. The molecule has 2 fully saturated rings. The summed E-state index contributed by atoms with van der Waals surface area (Å²) >= 11 is 0. The zero-order valence-corrected chi connectivity index (χ0v) is 20.4. The SMILES string of the molecule is CCNC(=NCC(c1ccccc1OC)N1CCCC1)N(C)CC1CCOC1.I. The van der Waals surface area contributed by atoms with Gasteiger partial charge in [-0.25, -0.2) is 0 Å². The van der Waals surface area contributed by atoms with Crippen molar-refractivity contribution < 1.29 is 9.47 Å². The lowest BCUT2D eigenvalue weighted by atomic mass is 10.0. The number of benzene rings is 1. The Labute approximate surface area is 193 Å². The Bertz CT molecular complexity index is 631. The van der Waals surface area contributed by atoms with Crippen LogP contribution >= 0.6 is 24.0 Å². The highest BCUT2D eigenvalue weighted by molar-refractivity contribution is 14.0. The number of ether oxygens (including phenoxy) is 2. The van der Waals surface area contributed by atoms with E-state index in [1.165, 1.54) is 18.4 Å². The number of nitrogens with one attached hydrogen (secondary N) is 1. The maximum Gasteiger partial charge on any atom is 0.193 e. The molecule has 1 aromatic rings. The predicted octanol–water partition coefficient (Wildman–Crippen LogP) is 3.38. The molecule has 0 saturated carbocycles. The quantitative estimate of drug-likeness (QED) is 0.326. The summed E-state index contributed by atoms with van der Waals surface area (Å²) in [4.78, 5) is 9.85. The van der Waals surface area contributed by atoms with Crippen LogP contribution in [-0.2, 0) is 4.74 Å². The molecule has 6 nitrogen and oxygen atoms in total. The molecule has 1 N–H and O–H groups in total. The number of halogens is 1. The highest BCUT2D eigenvalue weighted by Gasteiger charge is 2.26. The maximum absolute atomic E-state index is 5.66. The number of hydrogen-bond donors (Lipinski definition) is 1. The van der Waals surface area contributed by atoms with Crippen LogP contribution in [0.2, 0.25) is 0 Å². The molecule has 2 aliphatic heterocycles. The van der Waals surface area contributed by atoms with E-state index in [1.807, 2.05) is 6.07 Å². The Morgan fingerprint density at radius 1 is 1.34 bits per heavy atom. The number of methoxy groups -OCH3 is 1. The van der Waals surface area contributed by atoms with E-state index in [-0.39, 0.29) is 30.0 Å². The summed E-state index contributed by atoms with van der Waals surface area (Å²) in [6.07, 6.45) is 3.66. The third-order valence-corrected chi connectivity index (χ3v) is 5.75. The standard InChI is InChI=1S/C22H36N4O2.HI/c1-4-23-22(25(2)16-18-11-14-28-17-18)24-15-20(26-12-7-8-13-26)19-9-5-6-10-21(19)27-3;/h5-6,9-10,18,20H,4,7-8,11-17H2,1-3H3,(H,23,24);1H. The molecule has 164 valence electrons. The minimum absolute atomic E-state index is 0. The number of nitrogens with zero attached hydrogens (tertiary/aromatic N) is 3. The summed E-state index contributed by atoms with van der Waals surface area (Å²) in [5.41, 5.74) is 1.23. The Morgan fingerprint density at radius 2 is 2.10 bits per heavy atom. The lowest BCUT2D eigenvalue weighted by Crippen LogP contribution is -2.42. The minimum atomic E-state index is 0. The average molecular weight is 516 g/mol. The van der Waals surface area contributed by atoms with Crippen molar-refractivity contribution in [1.29, 1.82) is 0 Å². The first-order chi connectivity index (χ1) is 13.7. The Kier molecular flexibility index (Phi) is 10.5. The van der Waals surface area contributed by atoms with Crippen molar-refractivity contribution in [2.75, 3.05) is 60.1 Å². The van der Waals surface area contributed by atoms with Gasteiger partial charge in [-0.1, -0.05) is 18.2 Å². The van der Waals surface area contributed by atoms with Gasteiger partial charge in [0.1, 0.15) is 5.75 Å². The molecule has 7 heteroatoms. The van der Waals surface area contributed by atoms with Crippen LogP contribution in [0.25, 0.3) is 0 Å². The molecule has 2 aliphatic rings. The molecule has 2 heterocycles. The summed E-state index contributed by atoms with van der Waals surface area (Å²) in [7, 11) is 3.89. The monoisotopic (exact) mass is 516 g/mol. The Morgan fingerprint density at radius 3 is 2.76 bits per heavy atom. The van der Waals surface area contributed by atoms with E-state index < -0.39 is 0 Å². The first-order valence-corrected chi connectivity index (χ1v) is 10.7. The topological polar surface area (TPSA) is 49.3 Å². The molecule has 0 amide bonds. The minimum Gasteiger partial charge on any atom is -0.496 e. The van der Waals surface area contributed by atoms with Gasteiger partial charge in [0.2, 0.25) is 0 Å². The van der Waals surface area contributed by atoms with Gasteiger partial charge in [0, 0.05) is 38.2 Å². The van der Waals surface area contributed by atoms with E-state index in [4.69, 9.17) is 14.5 Å². The molecular weight excluding hydrogens is 479 g/mol. The Balaban J connectivity index is 0.00000300. The fourth-order valence-corrected chi connectivity index (χ4v) is 4.25. The van der Waals surface area contributed by atoms with Crippen LogP contribution in [0, 0.1) is 5.92 Å². The average Bonchev–Trinajstić information content (AvgIpc) is 3.42. The van der Waals surface area contributed by atoms with Crippen molar-refractivity contribution in [3.8, 4) is 5.75 Å². The van der Waals surface area contributed by atoms with Gasteiger partial charge < -0.3 is 19.7 Å². The van der Waals surface area contributed by atoms with Crippen LogP contribution in [0.15, 0.2) is 29.3 Å². The lowest BCUT2D eigenvalue weighted by molar-refractivity contribution is 0.181. The number of hydrogen-bond acceptors (Lipinski definition) is 4. The van der Waals surface area contributed by atoms with E-state index in [0.717, 1.165) is 64.1 Å². The third-order valence-electron chi connectivity index (χ3n) is 5.75. The van der Waals surface area contributed by atoms with Crippen LogP contribution in [0.3, 0.4) is 0 Å². The molecule has 0 radical (unpaired) electrons. The molecular formula is C22H37IN4O2. The summed E-state index contributed by atoms with van der Waals surface area (Å²) in [5, 5.41) is 3.47. The number of rotatable bonds is 8. The molecule has 2 atom stereocenters. The van der Waals surface area contributed by atoms with Gasteiger partial charge in [0.15, 0.2) is 5.96 Å². The van der Waals surface area contributed by atoms with E-state index in [1.54, 1.807) is 7.11 Å². The van der Waals surface area contributed by atoms with Crippen molar-refractivity contribution >= 4 is 29.9 Å². The van der Waals surface area contributed by atoms with Crippen molar-refractivity contribution in [2.24, 2.45) is 10.9 Å². The highest BCUT2D eigenvalue weighted by Crippen LogP contribution is 2.32. The second kappa shape index (κ2) is 12.6. The van der Waals surface area contributed by atoms with E-state index in [9.17, 15) is 0 Å². The van der Waals surface area contributed by atoms with Crippen LogP contribution in [0.1, 0.15) is 37.8 Å². The fourth-order valence-electron chi connectivity index (χ4n) is 4.25. The maximum atomic E-state index is 5.66. The predicted molar refractivity (Wildman–Crippen MR) is 129 cm³/mol. The summed E-state index contributed by atoms with van der Waals surface area (Å²) in [6, 6.07) is 8.62. The van der Waals surface area contributed by atoms with Crippen molar-refractivity contribution in [1.82, 2.24) is 15.1 Å². The second-order valence-corrected chi connectivity index (χ2v) is 7.81. The first kappa shape index (κ1) is 24.2. The van der Waals surface area contributed by atoms with E-state index in [0.29, 0.717) is 5.92 Å². The molecule has 0 aliphatic carbocycles. The van der Waals surface area contributed by atoms with E-state index in [2.05, 4.69) is 47.3 Å². The molecule has 1 aromatic carbocycles. The van der Waals surface area contributed by atoms with Crippen molar-refractivity contribution in [2.45, 2.75) is 32.2 Å². The zero-order chi connectivity index (χ0) is 19.8. The van der Waals surface area contributed by atoms with Gasteiger partial charge in [0.25, 0.3) is 0 Å². The summed E-state index contributed by atoms with van der Waals surface area (Å²) < 4.78 is 11.2. The summed E-state index contributed by atoms with van der Waals surface area (Å²) in [6.45, 7) is 8.71. The van der Waals surface area contributed by atoms with Crippen LogP contribution < -0.4 is 10.1 Å². The molecule has 0 spiro atoms. The van der Waals surface area contributed by atoms with Gasteiger partial charge in [-0.15, -0.1) is 24.0 Å². The normalized spacial score (nSPS) is 20.9. The largest absolute Gasteiger partial charge is 0.496 e. The molecule has 3 rings (SSSR count). The van der Waals surface area contributed by atoms with Gasteiger partial charge in [-0.2, -0.15) is 0 Å². The molecule has 2 unspecified atom stereocenters. The first-order valence-electron chi connectivity index (χ1n) is 10.7. The highest BCUT2D eigenvalue weighted by atomic mass is 127. The van der Waals surface area contributed by atoms with E-state index >= 15 is 0 Å². The molecule has 0 aromatic heterocycles. The van der Waals surface area contributed by atoms with Gasteiger partial charge in [0.05, 0.1) is 26.3 Å². The number of likely N-dealkylation sites (tertiary alicyclic amines) is 1. The van der Waals surface area contributed by atoms with Gasteiger partial charge in [-0.3, -0.25) is 9.89 Å².